The van der Waals surface area contributed by atoms with Gasteiger partial charge in [-0.25, -0.2) is 0 Å². The lowest BCUT2D eigenvalue weighted by atomic mass is 9.66. The van der Waals surface area contributed by atoms with Crippen LogP contribution in [0.15, 0.2) is 28.8 Å². The molecule has 6 heteroatoms. The lowest BCUT2D eigenvalue weighted by molar-refractivity contribution is -0.122. The van der Waals surface area contributed by atoms with Crippen LogP contribution in [0.3, 0.4) is 0 Å². The number of hydrogen-bond acceptors (Lipinski definition) is 4. The molecule has 1 saturated carbocycles. The maximum Gasteiger partial charge on any atom is 0.227 e. The van der Waals surface area contributed by atoms with E-state index in [2.05, 4.69) is 22.4 Å². The Kier molecular flexibility index (Phi) is 5.74. The number of halogens is 1. The van der Waals surface area contributed by atoms with Gasteiger partial charge in [0.2, 0.25) is 17.6 Å². The zero-order chi connectivity index (χ0) is 17.7. The van der Waals surface area contributed by atoms with Crippen molar-refractivity contribution in [1.29, 1.82) is 0 Å². The molecule has 134 valence electrons. The van der Waals surface area contributed by atoms with Gasteiger partial charge in [-0.1, -0.05) is 36.5 Å². The molecule has 1 fully saturated rings. The molecule has 5 nitrogen and oxygen atoms in total. The highest BCUT2D eigenvalue weighted by Crippen LogP contribution is 2.44. The molecular weight excluding hydrogens is 338 g/mol. The molecule has 1 aliphatic rings. The average Bonchev–Trinajstić information content (AvgIpc) is 3.05. The number of benzene rings is 1. The standard InChI is InChI=1S/C19H24ClN3O2/c1-2-10-19(11-3-12-19)13-21-16(24)8-9-17-22-18(23-25-17)14-4-6-15(20)7-5-14/h4-7H,2-3,8-13H2,1H3,(H,21,24). The molecule has 0 unspecified atom stereocenters. The smallest absolute Gasteiger partial charge is 0.227 e. The van der Waals surface area contributed by atoms with Gasteiger partial charge in [0.25, 0.3) is 0 Å². The van der Waals surface area contributed by atoms with Crippen LogP contribution in [-0.4, -0.2) is 22.6 Å². The summed E-state index contributed by atoms with van der Waals surface area (Å²) >= 11 is 5.88. The van der Waals surface area contributed by atoms with Crippen molar-refractivity contribution in [2.75, 3.05) is 6.54 Å². The van der Waals surface area contributed by atoms with Gasteiger partial charge in [-0.3, -0.25) is 4.79 Å². The molecule has 0 saturated heterocycles. The van der Waals surface area contributed by atoms with E-state index in [1.165, 1.54) is 32.1 Å². The predicted molar refractivity (Wildman–Crippen MR) is 97.3 cm³/mol. The van der Waals surface area contributed by atoms with Gasteiger partial charge in [0.15, 0.2) is 0 Å². The van der Waals surface area contributed by atoms with Crippen LogP contribution in [0.5, 0.6) is 0 Å². The monoisotopic (exact) mass is 361 g/mol. The van der Waals surface area contributed by atoms with Crippen LogP contribution < -0.4 is 5.32 Å². The summed E-state index contributed by atoms with van der Waals surface area (Å²) < 4.78 is 5.24. The first kappa shape index (κ1) is 17.9. The summed E-state index contributed by atoms with van der Waals surface area (Å²) in [7, 11) is 0. The molecule has 1 heterocycles. The van der Waals surface area contributed by atoms with Crippen molar-refractivity contribution < 1.29 is 9.32 Å². The van der Waals surface area contributed by atoms with Gasteiger partial charge in [0.1, 0.15) is 0 Å². The van der Waals surface area contributed by atoms with E-state index in [1.54, 1.807) is 12.1 Å². The first-order chi connectivity index (χ1) is 12.1. The van der Waals surface area contributed by atoms with Crippen LogP contribution in [0.2, 0.25) is 5.02 Å². The van der Waals surface area contributed by atoms with Gasteiger partial charge in [0, 0.05) is 30.0 Å². The SMILES string of the molecule is CCCC1(CNC(=O)CCc2nc(-c3ccc(Cl)cc3)no2)CCC1. The van der Waals surface area contributed by atoms with Gasteiger partial charge in [-0.05, 0) is 48.9 Å². The van der Waals surface area contributed by atoms with Crippen LogP contribution in [0.4, 0.5) is 0 Å². The lowest BCUT2D eigenvalue weighted by Gasteiger charge is -2.42. The van der Waals surface area contributed by atoms with Crippen molar-refractivity contribution >= 4 is 17.5 Å². The number of nitrogens with one attached hydrogen (secondary N) is 1. The summed E-state index contributed by atoms with van der Waals surface area (Å²) in [6, 6.07) is 7.25. The molecule has 1 aromatic carbocycles. The van der Waals surface area contributed by atoms with Crippen molar-refractivity contribution in [2.45, 2.75) is 51.9 Å². The summed E-state index contributed by atoms with van der Waals surface area (Å²) in [5, 5.41) is 7.71. The normalized spacial score (nSPS) is 15.6. The molecule has 25 heavy (non-hydrogen) atoms. The van der Waals surface area contributed by atoms with E-state index in [4.69, 9.17) is 16.1 Å². The predicted octanol–water partition coefficient (Wildman–Crippen LogP) is 4.41. The number of amides is 1. The van der Waals surface area contributed by atoms with Crippen LogP contribution in [-0.2, 0) is 11.2 Å². The fourth-order valence-corrected chi connectivity index (χ4v) is 3.52. The summed E-state index contributed by atoms with van der Waals surface area (Å²) in [6.45, 7) is 3.00. The van der Waals surface area contributed by atoms with Crippen molar-refractivity contribution in [2.24, 2.45) is 5.41 Å². The van der Waals surface area contributed by atoms with Gasteiger partial charge in [0.05, 0.1) is 0 Å². The number of aryl methyl sites for hydroxylation is 1. The summed E-state index contributed by atoms with van der Waals surface area (Å²) in [5.41, 5.74) is 1.19. The second-order valence-corrected chi connectivity index (χ2v) is 7.34. The first-order valence-electron chi connectivity index (χ1n) is 8.95. The lowest BCUT2D eigenvalue weighted by Crippen LogP contribution is -2.42. The Balaban J connectivity index is 1.47. The molecule has 1 aliphatic carbocycles. The number of rotatable bonds is 8. The molecule has 0 spiro atoms. The molecule has 0 aliphatic heterocycles. The maximum atomic E-state index is 12.1. The maximum absolute atomic E-state index is 12.1. The number of nitrogens with zero attached hydrogens (tertiary/aromatic N) is 2. The molecule has 0 bridgehead atoms. The Hall–Kier alpha value is -1.88. The van der Waals surface area contributed by atoms with Crippen molar-refractivity contribution in [3.05, 3.63) is 35.2 Å². The minimum atomic E-state index is 0.0496. The van der Waals surface area contributed by atoms with E-state index < -0.39 is 0 Å². The third-order valence-electron chi connectivity index (χ3n) is 4.99. The molecule has 1 N–H and O–H groups in total. The van der Waals surface area contributed by atoms with E-state index in [0.717, 1.165) is 12.1 Å². The Morgan fingerprint density at radius 1 is 1.32 bits per heavy atom. The Morgan fingerprint density at radius 2 is 2.08 bits per heavy atom. The van der Waals surface area contributed by atoms with Gasteiger partial charge in [-0.2, -0.15) is 4.98 Å². The highest BCUT2D eigenvalue weighted by molar-refractivity contribution is 6.30. The first-order valence-corrected chi connectivity index (χ1v) is 9.33. The minimum absolute atomic E-state index is 0.0496. The largest absolute Gasteiger partial charge is 0.356 e. The Labute approximate surface area is 153 Å². The van der Waals surface area contributed by atoms with Crippen molar-refractivity contribution in [3.63, 3.8) is 0 Å². The number of hydrogen-bond donors (Lipinski definition) is 1. The van der Waals surface area contributed by atoms with Gasteiger partial charge in [-0.15, -0.1) is 0 Å². The van der Waals surface area contributed by atoms with Gasteiger partial charge < -0.3 is 9.84 Å². The van der Waals surface area contributed by atoms with E-state index >= 15 is 0 Å². The average molecular weight is 362 g/mol. The zero-order valence-corrected chi connectivity index (χ0v) is 15.3. The van der Waals surface area contributed by atoms with E-state index in [1.807, 2.05) is 12.1 Å². The van der Waals surface area contributed by atoms with Crippen LogP contribution in [0.25, 0.3) is 11.4 Å². The molecule has 3 rings (SSSR count). The molecule has 0 atom stereocenters. The Morgan fingerprint density at radius 3 is 2.72 bits per heavy atom. The number of carbonyl (C=O) groups excluding carboxylic acids is 1. The second-order valence-electron chi connectivity index (χ2n) is 6.90. The molecule has 1 aromatic heterocycles. The van der Waals surface area contributed by atoms with Crippen LogP contribution in [0.1, 0.15) is 51.3 Å². The van der Waals surface area contributed by atoms with E-state index in [-0.39, 0.29) is 5.91 Å². The third kappa shape index (κ3) is 4.60. The van der Waals surface area contributed by atoms with Crippen LogP contribution >= 0.6 is 11.6 Å². The number of aromatic nitrogens is 2. The highest BCUT2D eigenvalue weighted by atomic mass is 35.5. The fraction of sp³-hybridized carbons (Fsp3) is 0.526. The molecule has 0 radical (unpaired) electrons. The number of carbonyl (C=O) groups is 1. The summed E-state index contributed by atoms with van der Waals surface area (Å²) in [5.74, 6) is 1.05. The molecule has 1 amide bonds. The molecule has 2 aromatic rings. The minimum Gasteiger partial charge on any atom is -0.356 e. The highest BCUT2D eigenvalue weighted by Gasteiger charge is 2.35. The van der Waals surface area contributed by atoms with Gasteiger partial charge >= 0.3 is 0 Å². The molecular formula is C19H24ClN3O2. The van der Waals surface area contributed by atoms with Crippen molar-refractivity contribution in [1.82, 2.24) is 15.5 Å². The van der Waals surface area contributed by atoms with Crippen molar-refractivity contribution in [3.8, 4) is 11.4 Å². The quantitative estimate of drug-likeness (QED) is 0.756. The van der Waals surface area contributed by atoms with Crippen LogP contribution in [0, 0.1) is 5.41 Å². The second kappa shape index (κ2) is 8.00. The van der Waals surface area contributed by atoms with E-state index in [9.17, 15) is 4.79 Å². The third-order valence-corrected chi connectivity index (χ3v) is 5.24. The summed E-state index contributed by atoms with van der Waals surface area (Å²) in [4.78, 5) is 16.5. The Bertz CT molecular complexity index is 708. The fourth-order valence-electron chi connectivity index (χ4n) is 3.39. The zero-order valence-electron chi connectivity index (χ0n) is 14.6. The summed E-state index contributed by atoms with van der Waals surface area (Å²) in [6.07, 6.45) is 6.93. The van der Waals surface area contributed by atoms with E-state index in [0.29, 0.717) is 35.0 Å². The topological polar surface area (TPSA) is 68.0 Å².